The summed E-state index contributed by atoms with van der Waals surface area (Å²) in [5, 5.41) is 11.5. The SMILES string of the molecule is CC(NC(=O)N1C[C@@H](C(F)(F)F)[C@H](C(=O)O)C1)c1cccnc1. The van der Waals surface area contributed by atoms with Gasteiger partial charge in [-0.05, 0) is 18.6 Å². The van der Waals surface area contributed by atoms with E-state index in [2.05, 4.69) is 10.3 Å². The van der Waals surface area contributed by atoms with Crippen molar-refractivity contribution in [3.05, 3.63) is 30.1 Å². The first-order chi connectivity index (χ1) is 10.7. The quantitative estimate of drug-likeness (QED) is 0.888. The van der Waals surface area contributed by atoms with Crippen LogP contribution in [0.15, 0.2) is 24.5 Å². The molecule has 0 aliphatic carbocycles. The smallest absolute Gasteiger partial charge is 0.394 e. The summed E-state index contributed by atoms with van der Waals surface area (Å²) < 4.78 is 38.7. The lowest BCUT2D eigenvalue weighted by molar-refractivity contribution is -0.187. The molecular weight excluding hydrogens is 315 g/mol. The number of halogens is 3. The van der Waals surface area contributed by atoms with E-state index < -0.39 is 49.1 Å². The Balaban J connectivity index is 2.04. The minimum Gasteiger partial charge on any atom is -0.481 e. The number of pyridine rings is 1. The minimum absolute atomic E-state index is 0.454. The number of carboxylic acid groups (broad SMARTS) is 1. The Bertz CT molecular complexity index is 580. The van der Waals surface area contributed by atoms with E-state index in [0.717, 1.165) is 4.90 Å². The molecule has 0 radical (unpaired) electrons. The van der Waals surface area contributed by atoms with Crippen molar-refractivity contribution in [2.24, 2.45) is 11.8 Å². The van der Waals surface area contributed by atoms with E-state index in [9.17, 15) is 22.8 Å². The number of hydrogen-bond acceptors (Lipinski definition) is 3. The van der Waals surface area contributed by atoms with Gasteiger partial charge in [0.05, 0.1) is 17.9 Å². The summed E-state index contributed by atoms with van der Waals surface area (Å²) in [6.45, 7) is 0.540. The fraction of sp³-hybridized carbons (Fsp3) is 0.500. The fourth-order valence-electron chi connectivity index (χ4n) is 2.54. The second-order valence-electron chi connectivity index (χ2n) is 5.46. The normalized spacial score (nSPS) is 22.7. The molecule has 0 bridgehead atoms. The number of nitrogens with zero attached hydrogens (tertiary/aromatic N) is 2. The van der Waals surface area contributed by atoms with Gasteiger partial charge in [0.15, 0.2) is 0 Å². The van der Waals surface area contributed by atoms with E-state index in [-0.39, 0.29) is 0 Å². The van der Waals surface area contributed by atoms with Gasteiger partial charge in [0, 0.05) is 25.5 Å². The van der Waals surface area contributed by atoms with E-state index in [4.69, 9.17) is 5.11 Å². The molecule has 1 aromatic rings. The van der Waals surface area contributed by atoms with E-state index in [0.29, 0.717) is 5.56 Å². The molecule has 6 nitrogen and oxygen atoms in total. The summed E-state index contributed by atoms with van der Waals surface area (Å²) in [6, 6.07) is 2.22. The van der Waals surface area contributed by atoms with Gasteiger partial charge < -0.3 is 15.3 Å². The van der Waals surface area contributed by atoms with Crippen LogP contribution in [-0.4, -0.2) is 46.3 Å². The summed E-state index contributed by atoms with van der Waals surface area (Å²) >= 11 is 0. The second kappa shape index (κ2) is 6.43. The molecule has 3 atom stereocenters. The Hall–Kier alpha value is -2.32. The number of likely N-dealkylation sites (tertiary alicyclic amines) is 1. The number of amides is 2. The molecule has 0 spiro atoms. The molecule has 1 unspecified atom stereocenters. The van der Waals surface area contributed by atoms with Crippen molar-refractivity contribution in [3.63, 3.8) is 0 Å². The van der Waals surface area contributed by atoms with Crippen LogP contribution in [0.4, 0.5) is 18.0 Å². The number of nitrogens with one attached hydrogen (secondary N) is 1. The topological polar surface area (TPSA) is 82.5 Å². The number of carboxylic acids is 1. The molecule has 126 valence electrons. The maximum atomic E-state index is 12.9. The third kappa shape index (κ3) is 3.91. The monoisotopic (exact) mass is 331 g/mol. The highest BCUT2D eigenvalue weighted by Crippen LogP contribution is 2.37. The average Bonchev–Trinajstić information content (AvgIpc) is 2.93. The van der Waals surface area contributed by atoms with Crippen LogP contribution in [0.3, 0.4) is 0 Å². The van der Waals surface area contributed by atoms with Crippen molar-refractivity contribution in [2.45, 2.75) is 19.1 Å². The van der Waals surface area contributed by atoms with Crippen LogP contribution in [0.1, 0.15) is 18.5 Å². The number of alkyl halides is 3. The molecule has 0 saturated carbocycles. The zero-order valence-electron chi connectivity index (χ0n) is 12.2. The summed E-state index contributed by atoms with van der Waals surface area (Å²) in [5.74, 6) is -5.25. The first-order valence-electron chi connectivity index (χ1n) is 6.95. The van der Waals surface area contributed by atoms with Crippen molar-refractivity contribution in [2.75, 3.05) is 13.1 Å². The number of carbonyl (C=O) groups excluding carboxylic acids is 1. The molecule has 1 aromatic heterocycles. The predicted octanol–water partition coefficient (Wildman–Crippen LogP) is 2.05. The average molecular weight is 331 g/mol. The molecule has 2 rings (SSSR count). The number of rotatable bonds is 3. The van der Waals surface area contributed by atoms with Crippen LogP contribution >= 0.6 is 0 Å². The van der Waals surface area contributed by atoms with Crippen LogP contribution in [0, 0.1) is 11.8 Å². The molecule has 1 saturated heterocycles. The van der Waals surface area contributed by atoms with E-state index in [1.807, 2.05) is 0 Å². The first kappa shape index (κ1) is 17.0. The second-order valence-corrected chi connectivity index (χ2v) is 5.46. The lowest BCUT2D eigenvalue weighted by Crippen LogP contribution is -2.40. The standard InChI is InChI=1S/C14H16F3N3O3/c1-8(9-3-2-4-18-5-9)19-13(23)20-6-10(12(21)22)11(7-20)14(15,16)17/h2-5,8,10-11H,6-7H2,1H3,(H,19,23)(H,21,22)/t8?,10-,11-/m1/s1. The maximum Gasteiger partial charge on any atom is 0.394 e. The highest BCUT2D eigenvalue weighted by atomic mass is 19.4. The van der Waals surface area contributed by atoms with E-state index in [1.165, 1.54) is 6.20 Å². The first-order valence-corrected chi connectivity index (χ1v) is 6.95. The van der Waals surface area contributed by atoms with Crippen molar-refractivity contribution >= 4 is 12.0 Å². The lowest BCUT2D eigenvalue weighted by atomic mass is 9.96. The molecule has 2 N–H and O–H groups in total. The van der Waals surface area contributed by atoms with Crippen molar-refractivity contribution in [1.29, 1.82) is 0 Å². The summed E-state index contributed by atoms with van der Waals surface area (Å²) in [7, 11) is 0. The van der Waals surface area contributed by atoms with Gasteiger partial charge in [-0.1, -0.05) is 6.07 Å². The molecule has 9 heteroatoms. The molecule has 1 aliphatic heterocycles. The van der Waals surface area contributed by atoms with Gasteiger partial charge in [-0.3, -0.25) is 9.78 Å². The molecule has 1 aliphatic rings. The summed E-state index contributed by atoms with van der Waals surface area (Å²) in [6.07, 6.45) is -1.57. The molecule has 1 fully saturated rings. The predicted molar refractivity (Wildman–Crippen MR) is 73.4 cm³/mol. The lowest BCUT2D eigenvalue weighted by Gasteiger charge is -2.21. The van der Waals surface area contributed by atoms with Crippen LogP contribution in [0.2, 0.25) is 0 Å². The third-order valence-corrected chi connectivity index (χ3v) is 3.87. The van der Waals surface area contributed by atoms with Crippen molar-refractivity contribution in [3.8, 4) is 0 Å². The van der Waals surface area contributed by atoms with E-state index >= 15 is 0 Å². The molecular formula is C14H16F3N3O3. The number of aliphatic carboxylic acids is 1. The van der Waals surface area contributed by atoms with Crippen LogP contribution in [0.25, 0.3) is 0 Å². The third-order valence-electron chi connectivity index (χ3n) is 3.87. The highest BCUT2D eigenvalue weighted by Gasteiger charge is 2.53. The van der Waals surface area contributed by atoms with Crippen LogP contribution in [-0.2, 0) is 4.79 Å². The Morgan fingerprint density at radius 3 is 2.61 bits per heavy atom. The van der Waals surface area contributed by atoms with Crippen molar-refractivity contribution < 1.29 is 27.9 Å². The largest absolute Gasteiger partial charge is 0.481 e. The highest BCUT2D eigenvalue weighted by molar-refractivity contribution is 5.78. The fourth-order valence-corrected chi connectivity index (χ4v) is 2.54. The van der Waals surface area contributed by atoms with Gasteiger partial charge in [0.25, 0.3) is 0 Å². The Morgan fingerprint density at radius 2 is 2.13 bits per heavy atom. The van der Waals surface area contributed by atoms with E-state index in [1.54, 1.807) is 25.3 Å². The number of carbonyl (C=O) groups is 2. The van der Waals surface area contributed by atoms with Gasteiger partial charge in [0.2, 0.25) is 0 Å². The molecule has 2 amide bonds. The van der Waals surface area contributed by atoms with Crippen molar-refractivity contribution in [1.82, 2.24) is 15.2 Å². The van der Waals surface area contributed by atoms with Gasteiger partial charge >= 0.3 is 18.2 Å². The Kier molecular flexibility index (Phi) is 4.76. The number of urea groups is 1. The zero-order valence-corrected chi connectivity index (χ0v) is 12.2. The van der Waals surface area contributed by atoms with Gasteiger partial charge in [-0.2, -0.15) is 13.2 Å². The number of aromatic nitrogens is 1. The zero-order chi connectivity index (χ0) is 17.2. The Labute approximate surface area is 130 Å². The molecule has 0 aromatic carbocycles. The summed E-state index contributed by atoms with van der Waals surface area (Å²) in [5.41, 5.74) is 0.696. The molecule has 2 heterocycles. The minimum atomic E-state index is -4.66. The van der Waals surface area contributed by atoms with Gasteiger partial charge in [0.1, 0.15) is 0 Å². The molecule has 23 heavy (non-hydrogen) atoms. The Morgan fingerprint density at radius 1 is 1.43 bits per heavy atom. The van der Waals surface area contributed by atoms with Gasteiger partial charge in [-0.25, -0.2) is 4.79 Å². The maximum absolute atomic E-state index is 12.9. The van der Waals surface area contributed by atoms with Crippen LogP contribution in [0.5, 0.6) is 0 Å². The van der Waals surface area contributed by atoms with Crippen LogP contribution < -0.4 is 5.32 Å². The number of hydrogen-bond donors (Lipinski definition) is 2. The summed E-state index contributed by atoms with van der Waals surface area (Å²) in [4.78, 5) is 27.9. The van der Waals surface area contributed by atoms with Gasteiger partial charge in [-0.15, -0.1) is 0 Å².